The molecule has 0 aromatic heterocycles. The lowest BCUT2D eigenvalue weighted by Crippen LogP contribution is -2.29. The third kappa shape index (κ3) is 4.31. The van der Waals surface area contributed by atoms with E-state index in [4.69, 9.17) is 14.7 Å². The minimum Gasteiger partial charge on any atom is -0.497 e. The number of carbonyl (C=O) groups excluding carboxylic acids is 1. The number of rotatable bonds is 6. The minimum atomic E-state index is -0.284. The molecule has 2 rings (SSSR count). The molecule has 5 nitrogen and oxygen atoms in total. The molecule has 2 aromatic carbocycles. The van der Waals surface area contributed by atoms with Gasteiger partial charge in [0.05, 0.1) is 24.8 Å². The fourth-order valence-electron chi connectivity index (χ4n) is 2.20. The summed E-state index contributed by atoms with van der Waals surface area (Å²) >= 11 is 0. The monoisotopic (exact) mass is 310 g/mol. The van der Waals surface area contributed by atoms with E-state index in [1.54, 1.807) is 38.5 Å². The summed E-state index contributed by atoms with van der Waals surface area (Å²) in [6.07, 6.45) is -0.284. The number of nitrogens with zero attached hydrogens (tertiary/aromatic N) is 1. The average molecular weight is 310 g/mol. The molecule has 0 aliphatic carbocycles. The lowest BCUT2D eigenvalue weighted by atomic mass is 10.1. The largest absolute Gasteiger partial charge is 0.497 e. The predicted octanol–water partition coefficient (Wildman–Crippen LogP) is 2.68. The molecular formula is C18H18N2O3. The van der Waals surface area contributed by atoms with Crippen LogP contribution < -0.4 is 10.1 Å². The van der Waals surface area contributed by atoms with Gasteiger partial charge in [0, 0.05) is 19.2 Å². The molecule has 0 fully saturated rings. The maximum absolute atomic E-state index is 12.2. The van der Waals surface area contributed by atoms with E-state index in [9.17, 15) is 4.79 Å². The maximum atomic E-state index is 12.2. The van der Waals surface area contributed by atoms with Crippen molar-refractivity contribution >= 4 is 5.91 Å². The molecule has 2 aromatic rings. The van der Waals surface area contributed by atoms with Crippen molar-refractivity contribution in [2.24, 2.45) is 0 Å². The molecule has 1 amide bonds. The fourth-order valence-corrected chi connectivity index (χ4v) is 2.20. The number of nitriles is 1. The van der Waals surface area contributed by atoms with Gasteiger partial charge in [0.1, 0.15) is 5.75 Å². The Balaban J connectivity index is 2.05. The highest BCUT2D eigenvalue weighted by atomic mass is 16.5. The molecule has 0 radical (unpaired) electrons. The van der Waals surface area contributed by atoms with Crippen molar-refractivity contribution in [3.8, 4) is 11.8 Å². The first-order valence-corrected chi connectivity index (χ1v) is 7.13. The van der Waals surface area contributed by atoms with Crippen molar-refractivity contribution in [3.05, 3.63) is 65.2 Å². The van der Waals surface area contributed by atoms with Gasteiger partial charge in [-0.15, -0.1) is 0 Å². The summed E-state index contributed by atoms with van der Waals surface area (Å²) in [6, 6.07) is 16.1. The Morgan fingerprint density at radius 2 is 2.00 bits per heavy atom. The Morgan fingerprint density at radius 1 is 1.22 bits per heavy atom. The second kappa shape index (κ2) is 7.97. The zero-order valence-electron chi connectivity index (χ0n) is 13.1. The smallest absolute Gasteiger partial charge is 0.251 e. The fraction of sp³-hybridized carbons (Fsp3) is 0.222. The number of amides is 1. The molecular weight excluding hydrogens is 292 g/mol. The normalized spacial score (nSPS) is 11.3. The van der Waals surface area contributed by atoms with Crippen LogP contribution in [-0.4, -0.2) is 26.7 Å². The van der Waals surface area contributed by atoms with Crippen LogP contribution >= 0.6 is 0 Å². The van der Waals surface area contributed by atoms with Gasteiger partial charge in [-0.2, -0.15) is 5.26 Å². The van der Waals surface area contributed by atoms with E-state index in [1.165, 1.54) is 0 Å². The number of carbonyl (C=O) groups is 1. The SMILES string of the molecule is COc1cccc([C@@H](CNC(=O)c2cccc(C#N)c2)OC)c1. The summed E-state index contributed by atoms with van der Waals surface area (Å²) in [6.45, 7) is 0.319. The van der Waals surface area contributed by atoms with Crippen LogP contribution in [0.5, 0.6) is 5.75 Å². The molecule has 0 spiro atoms. The van der Waals surface area contributed by atoms with Crippen LogP contribution in [0.2, 0.25) is 0 Å². The summed E-state index contributed by atoms with van der Waals surface area (Å²) in [5.41, 5.74) is 1.82. The van der Waals surface area contributed by atoms with Crippen LogP contribution in [0.15, 0.2) is 48.5 Å². The Kier molecular flexibility index (Phi) is 5.73. The summed E-state index contributed by atoms with van der Waals surface area (Å²) in [4.78, 5) is 12.2. The third-order valence-corrected chi connectivity index (χ3v) is 3.45. The molecule has 0 aliphatic heterocycles. The number of nitrogens with one attached hydrogen (secondary N) is 1. The van der Waals surface area contributed by atoms with Crippen LogP contribution in [0.3, 0.4) is 0 Å². The maximum Gasteiger partial charge on any atom is 0.251 e. The molecule has 0 saturated heterocycles. The standard InChI is InChI=1S/C18H18N2O3/c1-22-16-8-4-6-14(10-16)17(23-2)12-20-18(21)15-7-3-5-13(9-15)11-19/h3-10,17H,12H2,1-2H3,(H,20,21)/t17-/m1/s1. The van der Waals surface area contributed by atoms with E-state index in [0.717, 1.165) is 11.3 Å². The summed E-state index contributed by atoms with van der Waals surface area (Å²) < 4.78 is 10.6. The van der Waals surface area contributed by atoms with Crippen LogP contribution in [0.1, 0.15) is 27.6 Å². The first-order valence-electron chi connectivity index (χ1n) is 7.13. The van der Waals surface area contributed by atoms with Crippen molar-refractivity contribution in [2.45, 2.75) is 6.10 Å². The van der Waals surface area contributed by atoms with E-state index >= 15 is 0 Å². The molecule has 118 valence electrons. The zero-order chi connectivity index (χ0) is 16.7. The van der Waals surface area contributed by atoms with Gasteiger partial charge in [-0.25, -0.2) is 0 Å². The highest BCUT2D eigenvalue weighted by Gasteiger charge is 2.14. The highest BCUT2D eigenvalue weighted by molar-refractivity contribution is 5.94. The molecule has 1 atom stereocenters. The highest BCUT2D eigenvalue weighted by Crippen LogP contribution is 2.21. The lowest BCUT2D eigenvalue weighted by Gasteiger charge is -2.17. The van der Waals surface area contributed by atoms with Crippen molar-refractivity contribution in [1.82, 2.24) is 5.32 Å². The Hall–Kier alpha value is -2.84. The quantitative estimate of drug-likeness (QED) is 0.890. The molecule has 0 saturated carbocycles. The summed E-state index contributed by atoms with van der Waals surface area (Å²) in [7, 11) is 3.19. The van der Waals surface area contributed by atoms with E-state index < -0.39 is 0 Å². The number of hydrogen-bond acceptors (Lipinski definition) is 4. The third-order valence-electron chi connectivity index (χ3n) is 3.45. The van der Waals surface area contributed by atoms with Gasteiger partial charge in [0.25, 0.3) is 5.91 Å². The topological polar surface area (TPSA) is 71.3 Å². The zero-order valence-corrected chi connectivity index (χ0v) is 13.1. The molecule has 0 aliphatic rings. The van der Waals surface area contributed by atoms with Gasteiger partial charge in [-0.05, 0) is 35.9 Å². The van der Waals surface area contributed by atoms with Gasteiger partial charge in [0.15, 0.2) is 0 Å². The first kappa shape index (κ1) is 16.5. The second-order valence-electron chi connectivity index (χ2n) is 4.90. The van der Waals surface area contributed by atoms with E-state index in [0.29, 0.717) is 17.7 Å². The summed E-state index contributed by atoms with van der Waals surface area (Å²) in [5, 5.41) is 11.7. The van der Waals surface area contributed by atoms with E-state index in [1.807, 2.05) is 30.3 Å². The Labute approximate surface area is 135 Å². The van der Waals surface area contributed by atoms with Crippen molar-refractivity contribution < 1.29 is 14.3 Å². The van der Waals surface area contributed by atoms with Gasteiger partial charge in [-0.3, -0.25) is 4.79 Å². The number of ether oxygens (including phenoxy) is 2. The molecule has 0 bridgehead atoms. The summed E-state index contributed by atoms with van der Waals surface area (Å²) in [5.74, 6) is 0.490. The van der Waals surface area contributed by atoms with Gasteiger partial charge in [0.2, 0.25) is 0 Å². The van der Waals surface area contributed by atoms with E-state index in [2.05, 4.69) is 5.32 Å². The lowest BCUT2D eigenvalue weighted by molar-refractivity contribution is 0.0827. The van der Waals surface area contributed by atoms with Gasteiger partial charge < -0.3 is 14.8 Å². The van der Waals surface area contributed by atoms with Crippen LogP contribution in [0, 0.1) is 11.3 Å². The number of benzene rings is 2. The van der Waals surface area contributed by atoms with E-state index in [-0.39, 0.29) is 12.0 Å². The van der Waals surface area contributed by atoms with Gasteiger partial charge >= 0.3 is 0 Å². The first-order chi connectivity index (χ1) is 11.2. The average Bonchev–Trinajstić information content (AvgIpc) is 2.62. The molecule has 23 heavy (non-hydrogen) atoms. The number of hydrogen-bond donors (Lipinski definition) is 1. The van der Waals surface area contributed by atoms with Gasteiger partial charge in [-0.1, -0.05) is 18.2 Å². The van der Waals surface area contributed by atoms with Crippen molar-refractivity contribution in [1.29, 1.82) is 5.26 Å². The molecule has 0 unspecified atom stereocenters. The van der Waals surface area contributed by atoms with Crippen molar-refractivity contribution in [2.75, 3.05) is 20.8 Å². The van der Waals surface area contributed by atoms with Crippen LogP contribution in [-0.2, 0) is 4.74 Å². The van der Waals surface area contributed by atoms with Crippen molar-refractivity contribution in [3.63, 3.8) is 0 Å². The predicted molar refractivity (Wildman–Crippen MR) is 86.2 cm³/mol. The molecule has 0 heterocycles. The molecule has 1 N–H and O–H groups in total. The van der Waals surface area contributed by atoms with Crippen LogP contribution in [0.25, 0.3) is 0 Å². The van der Waals surface area contributed by atoms with Crippen LogP contribution in [0.4, 0.5) is 0 Å². The number of methoxy groups -OCH3 is 2. The second-order valence-corrected chi connectivity index (χ2v) is 4.90. The molecule has 5 heteroatoms. The Bertz CT molecular complexity index is 722. The minimum absolute atomic E-state index is 0.243. The Morgan fingerprint density at radius 3 is 2.70 bits per heavy atom.